The number of nitrogens with zero attached hydrogens (tertiary/aromatic N) is 1. The molecule has 166 valence electrons. The van der Waals surface area contributed by atoms with Gasteiger partial charge in [0.2, 0.25) is 5.83 Å². The van der Waals surface area contributed by atoms with Gasteiger partial charge in [-0.3, -0.25) is 0 Å². The average Bonchev–Trinajstić information content (AvgIpc) is 2.75. The number of ether oxygens (including phenoxy) is 2. The van der Waals surface area contributed by atoms with Gasteiger partial charge in [-0.1, -0.05) is 48.5 Å². The molecule has 4 nitrogen and oxygen atoms in total. The maximum absolute atomic E-state index is 15.4. The second-order valence-corrected chi connectivity index (χ2v) is 6.68. The van der Waals surface area contributed by atoms with Gasteiger partial charge in [0.25, 0.3) is 0 Å². The molecule has 0 saturated carbocycles. The number of hydrogen-bond donors (Lipinski definition) is 0. The van der Waals surface area contributed by atoms with Crippen LogP contribution in [0.5, 0.6) is 5.75 Å². The van der Waals surface area contributed by atoms with Gasteiger partial charge in [-0.25, -0.2) is 14.1 Å². The van der Waals surface area contributed by atoms with Crippen molar-refractivity contribution in [3.05, 3.63) is 77.8 Å². The summed E-state index contributed by atoms with van der Waals surface area (Å²) in [6, 6.07) is 8.48. The number of hydrogen-bond acceptors (Lipinski definition) is 3. The van der Waals surface area contributed by atoms with E-state index in [9.17, 15) is 22.4 Å². The van der Waals surface area contributed by atoms with Crippen LogP contribution < -0.4 is 4.74 Å². The van der Waals surface area contributed by atoms with Crippen LogP contribution in [-0.4, -0.2) is 35.9 Å². The molecule has 0 fully saturated rings. The highest BCUT2D eigenvalue weighted by Crippen LogP contribution is 2.56. The first-order valence-electron chi connectivity index (χ1n) is 9.06. The third-order valence-corrected chi connectivity index (χ3v) is 4.72. The van der Waals surface area contributed by atoms with Gasteiger partial charge in [0.05, 0.1) is 12.8 Å². The second-order valence-electron chi connectivity index (χ2n) is 6.68. The van der Waals surface area contributed by atoms with Gasteiger partial charge >= 0.3 is 23.9 Å². The summed E-state index contributed by atoms with van der Waals surface area (Å²) in [6.07, 6.45) is -2.83. The first-order valence-corrected chi connectivity index (χ1v) is 9.06. The van der Waals surface area contributed by atoms with Crippen molar-refractivity contribution in [3.8, 4) is 5.75 Å². The zero-order chi connectivity index (χ0) is 22.9. The Labute approximate surface area is 173 Å². The zero-order valence-corrected chi connectivity index (χ0v) is 16.1. The van der Waals surface area contributed by atoms with E-state index < -0.39 is 52.5 Å². The van der Waals surface area contributed by atoms with Crippen molar-refractivity contribution >= 4 is 6.09 Å². The topological polar surface area (TPSA) is 38.8 Å². The molecule has 0 bridgehead atoms. The number of alkyl halides is 5. The second kappa shape index (κ2) is 8.16. The summed E-state index contributed by atoms with van der Waals surface area (Å²) in [5, 5.41) is 0. The van der Waals surface area contributed by atoms with Gasteiger partial charge in [-0.05, 0) is 30.5 Å². The molecule has 0 aromatic heterocycles. The molecule has 1 aliphatic rings. The molecular formula is C21H17F6NO3. The largest absolute Gasteiger partial charge is 0.452 e. The lowest BCUT2D eigenvalue weighted by atomic mass is 9.95. The predicted octanol–water partition coefficient (Wildman–Crippen LogP) is 5.86. The molecule has 0 radical (unpaired) electrons. The highest BCUT2D eigenvalue weighted by molar-refractivity contribution is 5.71. The number of aryl methyl sites for hydroxylation is 1. The van der Waals surface area contributed by atoms with Crippen LogP contribution in [0.3, 0.4) is 0 Å². The fourth-order valence-electron chi connectivity index (χ4n) is 3.13. The van der Waals surface area contributed by atoms with Gasteiger partial charge < -0.3 is 9.47 Å². The van der Waals surface area contributed by atoms with E-state index in [4.69, 9.17) is 0 Å². The van der Waals surface area contributed by atoms with Gasteiger partial charge in [-0.15, -0.1) is 0 Å². The smallest absolute Gasteiger partial charge is 0.418 e. The molecule has 0 spiro atoms. The fraction of sp³-hybridized carbons (Fsp3) is 0.286. The number of halogens is 6. The van der Waals surface area contributed by atoms with Crippen molar-refractivity contribution in [1.82, 2.24) is 4.90 Å². The molecule has 10 heteroatoms. The Bertz CT molecular complexity index is 968. The SMILES string of the molecule is COC(=O)N1C(CCc2ccccc2)=C(F)C(F)(Oc2ccccc2)C(F)(F)C1(F)F. The van der Waals surface area contributed by atoms with Gasteiger partial charge in [-0.2, -0.15) is 22.0 Å². The molecule has 1 aliphatic heterocycles. The van der Waals surface area contributed by atoms with E-state index in [1.165, 1.54) is 18.2 Å². The number of allylic oxidation sites excluding steroid dienone is 1. The molecule has 1 heterocycles. The third kappa shape index (κ3) is 3.70. The van der Waals surface area contributed by atoms with Crippen LogP contribution in [0.25, 0.3) is 0 Å². The van der Waals surface area contributed by atoms with E-state index in [2.05, 4.69) is 9.47 Å². The summed E-state index contributed by atoms with van der Waals surface area (Å²) < 4.78 is 98.1. The zero-order valence-electron chi connectivity index (χ0n) is 16.1. The molecule has 1 amide bonds. The summed E-state index contributed by atoms with van der Waals surface area (Å²) >= 11 is 0. The quantitative estimate of drug-likeness (QED) is 0.428. The maximum Gasteiger partial charge on any atom is 0.418 e. The van der Waals surface area contributed by atoms with Crippen molar-refractivity contribution in [2.75, 3.05) is 7.11 Å². The number of para-hydroxylation sites is 1. The molecule has 1 unspecified atom stereocenters. The van der Waals surface area contributed by atoms with Crippen molar-refractivity contribution in [2.24, 2.45) is 0 Å². The van der Waals surface area contributed by atoms with Crippen LogP contribution in [0.2, 0.25) is 0 Å². The fourth-order valence-corrected chi connectivity index (χ4v) is 3.13. The molecule has 1 atom stereocenters. The molecule has 3 rings (SSSR count). The number of carbonyl (C=O) groups is 1. The molecular weight excluding hydrogens is 428 g/mol. The van der Waals surface area contributed by atoms with E-state index in [0.717, 1.165) is 12.1 Å². The molecule has 31 heavy (non-hydrogen) atoms. The van der Waals surface area contributed by atoms with Crippen molar-refractivity contribution in [1.29, 1.82) is 0 Å². The lowest BCUT2D eigenvalue weighted by Crippen LogP contribution is -2.70. The van der Waals surface area contributed by atoms with Crippen molar-refractivity contribution < 1.29 is 40.6 Å². The van der Waals surface area contributed by atoms with Crippen molar-refractivity contribution in [3.63, 3.8) is 0 Å². The van der Waals surface area contributed by atoms with Gasteiger partial charge in [0, 0.05) is 0 Å². The Morgan fingerprint density at radius 3 is 2.00 bits per heavy atom. The van der Waals surface area contributed by atoms with E-state index >= 15 is 8.78 Å². The van der Waals surface area contributed by atoms with Crippen LogP contribution in [0, 0.1) is 0 Å². The van der Waals surface area contributed by atoms with Crippen LogP contribution in [0.4, 0.5) is 31.1 Å². The maximum atomic E-state index is 15.4. The minimum atomic E-state index is -5.79. The Morgan fingerprint density at radius 2 is 1.45 bits per heavy atom. The average molecular weight is 445 g/mol. The van der Waals surface area contributed by atoms with E-state index in [-0.39, 0.29) is 6.42 Å². The molecule has 0 N–H and O–H groups in total. The van der Waals surface area contributed by atoms with Crippen LogP contribution in [0.15, 0.2) is 72.2 Å². The molecule has 0 saturated heterocycles. The van der Waals surface area contributed by atoms with E-state index in [1.54, 1.807) is 30.3 Å². The van der Waals surface area contributed by atoms with Crippen LogP contribution in [-0.2, 0) is 11.2 Å². The summed E-state index contributed by atoms with van der Waals surface area (Å²) in [4.78, 5) is 11.1. The third-order valence-electron chi connectivity index (χ3n) is 4.72. The summed E-state index contributed by atoms with van der Waals surface area (Å²) in [6.45, 7) is 0. The summed E-state index contributed by atoms with van der Waals surface area (Å²) in [5.74, 6) is -13.6. The lowest BCUT2D eigenvalue weighted by Gasteiger charge is -2.45. The molecule has 2 aromatic carbocycles. The summed E-state index contributed by atoms with van der Waals surface area (Å²) in [5.41, 5.74) is -0.785. The first-order chi connectivity index (χ1) is 14.6. The van der Waals surface area contributed by atoms with Crippen molar-refractivity contribution in [2.45, 2.75) is 30.7 Å². The van der Waals surface area contributed by atoms with E-state index in [0.29, 0.717) is 12.7 Å². The van der Waals surface area contributed by atoms with Gasteiger partial charge in [0.15, 0.2) is 0 Å². The number of amides is 1. The minimum absolute atomic E-state index is 0.153. The first kappa shape index (κ1) is 22.5. The predicted molar refractivity (Wildman–Crippen MR) is 97.9 cm³/mol. The Hall–Kier alpha value is -3.17. The minimum Gasteiger partial charge on any atom is -0.452 e. The normalized spacial score (nSPS) is 22.2. The highest BCUT2D eigenvalue weighted by Gasteiger charge is 2.81. The molecule has 2 aromatic rings. The lowest BCUT2D eigenvalue weighted by molar-refractivity contribution is -0.358. The Morgan fingerprint density at radius 1 is 0.903 bits per heavy atom. The monoisotopic (exact) mass is 445 g/mol. The molecule has 0 aliphatic carbocycles. The standard InChI is InChI=1S/C21H17F6NO3/c1-30-18(29)28-16(13-12-14-8-4-2-5-9-14)17(22)19(23,20(24,25)21(28,26)27)31-15-10-6-3-7-11-15/h2-11H,12-13H2,1H3. The number of benzene rings is 2. The highest BCUT2D eigenvalue weighted by atomic mass is 19.3. The van der Waals surface area contributed by atoms with Gasteiger partial charge in [0.1, 0.15) is 5.75 Å². The Kier molecular flexibility index (Phi) is 5.93. The Balaban J connectivity index is 2.14. The number of methoxy groups -OCH3 is 1. The number of rotatable bonds is 5. The van der Waals surface area contributed by atoms with Crippen LogP contribution >= 0.6 is 0 Å². The van der Waals surface area contributed by atoms with Crippen LogP contribution in [0.1, 0.15) is 12.0 Å². The number of carbonyl (C=O) groups excluding carboxylic acids is 1. The van der Waals surface area contributed by atoms with E-state index in [1.807, 2.05) is 0 Å². The summed E-state index contributed by atoms with van der Waals surface area (Å²) in [7, 11) is 0.654.